The summed E-state index contributed by atoms with van der Waals surface area (Å²) < 4.78 is 5.91. The maximum absolute atomic E-state index is 12.6. The van der Waals surface area contributed by atoms with E-state index in [-0.39, 0.29) is 5.43 Å². The SMILES string of the molecule is C/C=C/c1c(/C=C/c2ccccc2)oc2ccccc2c1=O. The molecular weight excluding hydrogens is 272 g/mol. The molecule has 2 aromatic carbocycles. The summed E-state index contributed by atoms with van der Waals surface area (Å²) in [4.78, 5) is 12.6. The fourth-order valence-electron chi connectivity index (χ4n) is 2.36. The van der Waals surface area contributed by atoms with E-state index in [4.69, 9.17) is 4.42 Å². The number of fused-ring (bicyclic) bond motifs is 1. The van der Waals surface area contributed by atoms with Gasteiger partial charge in [0.05, 0.1) is 10.9 Å². The number of rotatable bonds is 3. The molecule has 0 saturated heterocycles. The first-order chi connectivity index (χ1) is 10.8. The molecule has 0 bridgehead atoms. The van der Waals surface area contributed by atoms with Crippen molar-refractivity contribution in [3.63, 3.8) is 0 Å². The molecule has 0 fully saturated rings. The summed E-state index contributed by atoms with van der Waals surface area (Å²) >= 11 is 0. The van der Waals surface area contributed by atoms with E-state index in [2.05, 4.69) is 0 Å². The minimum Gasteiger partial charge on any atom is -0.456 e. The minimum absolute atomic E-state index is 0.00679. The Morgan fingerprint density at radius 3 is 2.36 bits per heavy atom. The van der Waals surface area contributed by atoms with Crippen LogP contribution in [0.5, 0.6) is 0 Å². The number of allylic oxidation sites excluding steroid dienone is 1. The van der Waals surface area contributed by atoms with Gasteiger partial charge in [-0.25, -0.2) is 0 Å². The molecule has 0 atom stereocenters. The van der Waals surface area contributed by atoms with Gasteiger partial charge in [0.25, 0.3) is 0 Å². The first kappa shape index (κ1) is 14.1. The Balaban J connectivity index is 2.17. The normalized spacial score (nSPS) is 11.7. The highest BCUT2D eigenvalue weighted by Gasteiger charge is 2.09. The predicted octanol–water partition coefficient (Wildman–Crippen LogP) is 5.00. The summed E-state index contributed by atoms with van der Waals surface area (Å²) in [5.41, 5.74) is 2.24. The molecule has 0 aliphatic rings. The highest BCUT2D eigenvalue weighted by molar-refractivity contribution is 5.82. The van der Waals surface area contributed by atoms with Crippen molar-refractivity contribution in [1.82, 2.24) is 0 Å². The van der Waals surface area contributed by atoms with Crippen LogP contribution >= 0.6 is 0 Å². The van der Waals surface area contributed by atoms with Crippen LogP contribution in [0.3, 0.4) is 0 Å². The number of para-hydroxylation sites is 1. The van der Waals surface area contributed by atoms with E-state index in [0.29, 0.717) is 22.3 Å². The van der Waals surface area contributed by atoms with Crippen LogP contribution in [-0.4, -0.2) is 0 Å². The van der Waals surface area contributed by atoms with Crippen molar-refractivity contribution in [2.75, 3.05) is 0 Å². The van der Waals surface area contributed by atoms with Crippen molar-refractivity contribution >= 4 is 29.2 Å². The molecule has 0 unspecified atom stereocenters. The topological polar surface area (TPSA) is 30.2 Å². The Labute approximate surface area is 129 Å². The van der Waals surface area contributed by atoms with E-state index in [1.165, 1.54) is 0 Å². The van der Waals surface area contributed by atoms with Crippen molar-refractivity contribution in [2.45, 2.75) is 6.92 Å². The highest BCUT2D eigenvalue weighted by Crippen LogP contribution is 2.19. The Kier molecular flexibility index (Phi) is 4.01. The zero-order valence-corrected chi connectivity index (χ0v) is 12.3. The lowest BCUT2D eigenvalue weighted by Crippen LogP contribution is -2.07. The average Bonchev–Trinajstić information content (AvgIpc) is 2.57. The third-order valence-electron chi connectivity index (χ3n) is 3.42. The molecule has 0 spiro atoms. The van der Waals surface area contributed by atoms with Gasteiger partial charge < -0.3 is 4.42 Å². The summed E-state index contributed by atoms with van der Waals surface area (Å²) in [6.45, 7) is 1.89. The molecule has 0 N–H and O–H groups in total. The van der Waals surface area contributed by atoms with E-state index in [1.807, 2.05) is 73.7 Å². The van der Waals surface area contributed by atoms with Crippen molar-refractivity contribution < 1.29 is 4.42 Å². The number of hydrogen-bond acceptors (Lipinski definition) is 2. The third-order valence-corrected chi connectivity index (χ3v) is 3.42. The van der Waals surface area contributed by atoms with E-state index < -0.39 is 0 Å². The van der Waals surface area contributed by atoms with Crippen LogP contribution in [0.2, 0.25) is 0 Å². The average molecular weight is 288 g/mol. The van der Waals surface area contributed by atoms with Crippen molar-refractivity contribution in [1.29, 1.82) is 0 Å². The molecule has 1 heterocycles. The predicted molar refractivity (Wildman–Crippen MR) is 92.6 cm³/mol. The summed E-state index contributed by atoms with van der Waals surface area (Å²) in [5, 5.41) is 0.604. The van der Waals surface area contributed by atoms with Crippen LogP contribution in [0.4, 0.5) is 0 Å². The highest BCUT2D eigenvalue weighted by atomic mass is 16.3. The summed E-state index contributed by atoms with van der Waals surface area (Å²) in [7, 11) is 0. The maximum atomic E-state index is 12.6. The van der Waals surface area contributed by atoms with Crippen LogP contribution in [0.25, 0.3) is 29.2 Å². The molecule has 0 amide bonds. The Morgan fingerprint density at radius 1 is 0.864 bits per heavy atom. The molecule has 0 aliphatic carbocycles. The maximum Gasteiger partial charge on any atom is 0.200 e. The molecule has 2 heteroatoms. The zero-order valence-electron chi connectivity index (χ0n) is 12.3. The van der Waals surface area contributed by atoms with Gasteiger partial charge in [0, 0.05) is 0 Å². The second-order valence-electron chi connectivity index (χ2n) is 4.95. The standard InChI is InChI=1S/C20H16O2/c1-2-8-16-19(14-13-15-9-4-3-5-10-15)22-18-12-7-6-11-17(18)20(16)21/h2-14H,1H3/b8-2+,14-13+. The van der Waals surface area contributed by atoms with Gasteiger partial charge in [-0.05, 0) is 30.7 Å². The third kappa shape index (κ3) is 2.77. The van der Waals surface area contributed by atoms with Crippen molar-refractivity contribution in [2.24, 2.45) is 0 Å². The van der Waals surface area contributed by atoms with Crippen LogP contribution < -0.4 is 5.43 Å². The van der Waals surface area contributed by atoms with E-state index >= 15 is 0 Å². The van der Waals surface area contributed by atoms with Gasteiger partial charge in [0.2, 0.25) is 5.43 Å². The summed E-state index contributed by atoms with van der Waals surface area (Å²) in [6.07, 6.45) is 7.43. The molecule has 0 saturated carbocycles. The molecule has 1 aromatic heterocycles. The second-order valence-corrected chi connectivity index (χ2v) is 4.95. The van der Waals surface area contributed by atoms with Crippen LogP contribution in [-0.2, 0) is 0 Å². The smallest absolute Gasteiger partial charge is 0.200 e. The van der Waals surface area contributed by atoms with E-state index in [9.17, 15) is 4.79 Å². The largest absolute Gasteiger partial charge is 0.456 e. The molecule has 108 valence electrons. The molecular formula is C20H16O2. The van der Waals surface area contributed by atoms with Crippen molar-refractivity contribution in [3.05, 3.63) is 87.8 Å². The van der Waals surface area contributed by atoms with Gasteiger partial charge in [0.1, 0.15) is 11.3 Å². The van der Waals surface area contributed by atoms with Crippen LogP contribution in [0.1, 0.15) is 23.8 Å². The quantitative estimate of drug-likeness (QED) is 0.679. The van der Waals surface area contributed by atoms with E-state index in [1.54, 1.807) is 12.1 Å². The lowest BCUT2D eigenvalue weighted by atomic mass is 10.1. The minimum atomic E-state index is -0.00679. The molecule has 0 radical (unpaired) electrons. The first-order valence-corrected chi connectivity index (χ1v) is 7.21. The lowest BCUT2D eigenvalue weighted by Gasteiger charge is -2.03. The zero-order chi connectivity index (χ0) is 15.4. The fourth-order valence-corrected chi connectivity index (χ4v) is 2.36. The molecule has 0 aliphatic heterocycles. The monoisotopic (exact) mass is 288 g/mol. The molecule has 22 heavy (non-hydrogen) atoms. The Hall–Kier alpha value is -2.87. The van der Waals surface area contributed by atoms with Gasteiger partial charge in [-0.3, -0.25) is 4.79 Å². The Bertz CT molecular complexity index is 900. The Morgan fingerprint density at radius 2 is 1.59 bits per heavy atom. The lowest BCUT2D eigenvalue weighted by molar-refractivity contribution is 0.589. The van der Waals surface area contributed by atoms with E-state index in [0.717, 1.165) is 5.56 Å². The van der Waals surface area contributed by atoms with Gasteiger partial charge in [-0.1, -0.05) is 60.7 Å². The number of hydrogen-bond donors (Lipinski definition) is 0. The second kappa shape index (κ2) is 6.27. The van der Waals surface area contributed by atoms with Gasteiger partial charge in [0.15, 0.2) is 0 Å². The molecule has 3 rings (SSSR count). The fraction of sp³-hybridized carbons (Fsp3) is 0.0500. The number of benzene rings is 2. The molecule has 2 nitrogen and oxygen atoms in total. The summed E-state index contributed by atoms with van der Waals surface area (Å²) in [6, 6.07) is 17.2. The van der Waals surface area contributed by atoms with Crippen LogP contribution in [0.15, 0.2) is 69.9 Å². The summed E-state index contributed by atoms with van der Waals surface area (Å²) in [5.74, 6) is 0.575. The van der Waals surface area contributed by atoms with Crippen molar-refractivity contribution in [3.8, 4) is 0 Å². The molecule has 3 aromatic rings. The van der Waals surface area contributed by atoms with Gasteiger partial charge >= 0.3 is 0 Å². The first-order valence-electron chi connectivity index (χ1n) is 7.21. The van der Waals surface area contributed by atoms with Gasteiger partial charge in [-0.15, -0.1) is 0 Å². The van der Waals surface area contributed by atoms with Crippen LogP contribution in [0, 0.1) is 0 Å². The van der Waals surface area contributed by atoms with Gasteiger partial charge in [-0.2, -0.15) is 0 Å².